The number of alkyl halides is 6. The molecule has 32 heavy (non-hydrogen) atoms. The number of anilines is 1. The predicted octanol–water partition coefficient (Wildman–Crippen LogP) is 4.87. The molecule has 174 valence electrons. The number of hydrogen-bond donors (Lipinski definition) is 2. The molecule has 2 aromatic carbocycles. The van der Waals surface area contributed by atoms with Gasteiger partial charge in [-0.15, -0.1) is 0 Å². The average molecular weight is 464 g/mol. The largest absolute Gasteiger partial charge is 0.463 e. The molecule has 0 unspecified atom stereocenters. The summed E-state index contributed by atoms with van der Waals surface area (Å²) in [4.78, 5) is 24.5. The van der Waals surface area contributed by atoms with Crippen LogP contribution in [-0.2, 0) is 27.1 Å². The first-order valence-electron chi connectivity index (χ1n) is 9.07. The Morgan fingerprint density at radius 3 is 2.12 bits per heavy atom. The summed E-state index contributed by atoms with van der Waals surface area (Å²) in [5.41, 5.74) is -5.48. The van der Waals surface area contributed by atoms with Crippen LogP contribution in [0.5, 0.6) is 0 Å². The summed E-state index contributed by atoms with van der Waals surface area (Å²) < 4.78 is 90.2. The topological polar surface area (TPSA) is 76.7 Å². The van der Waals surface area contributed by atoms with Crippen molar-refractivity contribution in [3.8, 4) is 0 Å². The smallest absolute Gasteiger partial charge is 0.442 e. The maximum absolute atomic E-state index is 14.0. The molecule has 0 aliphatic rings. The number of hydrogen-bond acceptors (Lipinski definition) is 5. The first-order chi connectivity index (χ1) is 14.9. The first kappa shape index (κ1) is 24.8. The van der Waals surface area contributed by atoms with Gasteiger partial charge in [0.05, 0.1) is 12.2 Å². The van der Waals surface area contributed by atoms with Crippen LogP contribution in [0.25, 0.3) is 0 Å². The van der Waals surface area contributed by atoms with Crippen molar-refractivity contribution in [1.82, 2.24) is 5.32 Å². The molecular formula is C20H18F6N2O4. The Balaban J connectivity index is 2.38. The van der Waals surface area contributed by atoms with Crippen molar-refractivity contribution in [3.05, 3.63) is 65.7 Å². The van der Waals surface area contributed by atoms with E-state index in [1.807, 2.05) is 0 Å². The molecule has 12 heteroatoms. The summed E-state index contributed by atoms with van der Waals surface area (Å²) in [6.45, 7) is 0.297. The summed E-state index contributed by atoms with van der Waals surface area (Å²) in [6, 6.07) is 10.6. The van der Waals surface area contributed by atoms with Gasteiger partial charge in [0, 0.05) is 5.69 Å². The molecule has 0 fully saturated rings. The molecule has 0 aromatic heterocycles. The molecule has 0 aliphatic heterocycles. The van der Waals surface area contributed by atoms with E-state index in [2.05, 4.69) is 4.74 Å². The van der Waals surface area contributed by atoms with Crippen LogP contribution in [0.2, 0.25) is 0 Å². The summed E-state index contributed by atoms with van der Waals surface area (Å²) in [7, 11) is 0. The highest BCUT2D eigenvalue weighted by Gasteiger charge is 2.64. The third-order valence-electron chi connectivity index (χ3n) is 4.03. The highest BCUT2D eigenvalue weighted by molar-refractivity contribution is 5.89. The van der Waals surface area contributed by atoms with E-state index in [1.54, 1.807) is 23.5 Å². The van der Waals surface area contributed by atoms with Crippen LogP contribution < -0.4 is 10.6 Å². The fourth-order valence-corrected chi connectivity index (χ4v) is 2.53. The van der Waals surface area contributed by atoms with Crippen LogP contribution in [0.1, 0.15) is 18.1 Å². The van der Waals surface area contributed by atoms with Crippen molar-refractivity contribution in [2.45, 2.75) is 31.5 Å². The molecule has 2 aromatic rings. The lowest BCUT2D eigenvalue weighted by Crippen LogP contribution is -2.69. The zero-order chi connectivity index (χ0) is 24.0. The maximum atomic E-state index is 14.0. The minimum absolute atomic E-state index is 0.358. The van der Waals surface area contributed by atoms with Gasteiger partial charge in [-0.1, -0.05) is 36.4 Å². The van der Waals surface area contributed by atoms with Crippen LogP contribution in [-0.4, -0.2) is 30.5 Å². The molecule has 0 bridgehead atoms. The Kier molecular flexibility index (Phi) is 7.60. The first-order valence-corrected chi connectivity index (χ1v) is 9.07. The lowest BCUT2D eigenvalue weighted by molar-refractivity contribution is -0.205. The van der Waals surface area contributed by atoms with E-state index in [0.717, 1.165) is 12.1 Å². The van der Waals surface area contributed by atoms with E-state index < -0.39 is 54.5 Å². The van der Waals surface area contributed by atoms with E-state index in [0.29, 0.717) is 17.7 Å². The molecule has 1 amide bonds. The quantitative estimate of drug-likeness (QED) is 0.348. The number of carbonyl (C=O) groups excluding carboxylic acids is 2. The van der Waals surface area contributed by atoms with Crippen LogP contribution in [0, 0.1) is 0 Å². The van der Waals surface area contributed by atoms with Crippen molar-refractivity contribution >= 4 is 17.7 Å². The minimum Gasteiger partial charge on any atom is -0.463 e. The number of rotatable bonds is 7. The van der Waals surface area contributed by atoms with Crippen LogP contribution in [0.3, 0.4) is 0 Å². The second-order valence-corrected chi connectivity index (χ2v) is 6.36. The third kappa shape index (κ3) is 6.05. The van der Waals surface area contributed by atoms with E-state index >= 15 is 0 Å². The van der Waals surface area contributed by atoms with Crippen LogP contribution >= 0.6 is 0 Å². The number of amides is 1. The Bertz CT molecular complexity index is 934. The maximum Gasteiger partial charge on any atom is 0.442 e. The van der Waals surface area contributed by atoms with Crippen molar-refractivity contribution in [2.75, 3.05) is 11.9 Å². The fourth-order valence-electron chi connectivity index (χ4n) is 2.53. The van der Waals surface area contributed by atoms with Crippen LogP contribution in [0.15, 0.2) is 54.6 Å². The molecule has 0 saturated carbocycles. The van der Waals surface area contributed by atoms with E-state index in [9.17, 15) is 35.9 Å². The highest BCUT2D eigenvalue weighted by atomic mass is 19.4. The lowest BCUT2D eigenvalue weighted by Gasteiger charge is -2.35. The SMILES string of the molecule is CCOC(=O)[C@@](NC(=O)OCc1ccccc1)(Nc1cccc(C(F)(F)F)c1)C(F)(F)F. The van der Waals surface area contributed by atoms with Gasteiger partial charge in [-0.3, -0.25) is 5.32 Å². The molecular weight excluding hydrogens is 446 g/mol. The number of alkyl carbamates (subject to hydrolysis) is 1. The number of carbonyl (C=O) groups is 2. The predicted molar refractivity (Wildman–Crippen MR) is 100 cm³/mol. The summed E-state index contributed by atoms with van der Waals surface area (Å²) in [6.07, 6.45) is -12.0. The van der Waals surface area contributed by atoms with Crippen molar-refractivity contribution in [3.63, 3.8) is 0 Å². The molecule has 1 atom stereocenters. The number of benzene rings is 2. The van der Waals surface area contributed by atoms with Gasteiger partial charge in [0.25, 0.3) is 0 Å². The van der Waals surface area contributed by atoms with Gasteiger partial charge in [-0.2, -0.15) is 26.3 Å². The molecule has 0 saturated heterocycles. The van der Waals surface area contributed by atoms with Gasteiger partial charge in [-0.25, -0.2) is 9.59 Å². The van der Waals surface area contributed by atoms with Gasteiger partial charge < -0.3 is 14.8 Å². The number of nitrogens with one attached hydrogen (secondary N) is 2. The number of esters is 1. The summed E-state index contributed by atoms with van der Waals surface area (Å²) in [5, 5.41) is 3.03. The van der Waals surface area contributed by atoms with Gasteiger partial charge in [0.1, 0.15) is 6.61 Å². The van der Waals surface area contributed by atoms with Crippen molar-refractivity contribution in [2.24, 2.45) is 0 Å². The highest BCUT2D eigenvalue weighted by Crippen LogP contribution is 2.35. The van der Waals surface area contributed by atoms with Gasteiger partial charge in [0.15, 0.2) is 0 Å². The van der Waals surface area contributed by atoms with E-state index in [4.69, 9.17) is 4.74 Å². The Labute approximate surface area is 178 Å². The van der Waals surface area contributed by atoms with E-state index in [-0.39, 0.29) is 0 Å². The average Bonchev–Trinajstić information content (AvgIpc) is 2.71. The molecule has 0 spiro atoms. The zero-order valence-electron chi connectivity index (χ0n) is 16.5. The standard InChI is InChI=1S/C20H18F6N2O4/c1-2-31-16(29)18(20(24,25)26,27-15-10-6-9-14(11-15)19(21,22)23)28-17(30)32-12-13-7-4-3-5-8-13/h3-11,27H,2,12H2,1H3,(H,28,30)/t18-/m0/s1. The molecule has 2 N–H and O–H groups in total. The second kappa shape index (κ2) is 9.79. The monoisotopic (exact) mass is 464 g/mol. The van der Waals surface area contributed by atoms with Gasteiger partial charge >= 0.3 is 30.1 Å². The number of ether oxygens (including phenoxy) is 2. The Hall–Kier alpha value is -3.44. The van der Waals surface area contributed by atoms with E-state index in [1.165, 1.54) is 24.4 Å². The van der Waals surface area contributed by atoms with Gasteiger partial charge in [-0.05, 0) is 30.7 Å². The van der Waals surface area contributed by atoms with Gasteiger partial charge in [0.2, 0.25) is 0 Å². The Morgan fingerprint density at radius 1 is 0.906 bits per heavy atom. The minimum atomic E-state index is -5.53. The van der Waals surface area contributed by atoms with Crippen LogP contribution in [0.4, 0.5) is 36.8 Å². The molecule has 2 rings (SSSR count). The molecule has 0 radical (unpaired) electrons. The zero-order valence-corrected chi connectivity index (χ0v) is 16.5. The number of halogens is 6. The second-order valence-electron chi connectivity index (χ2n) is 6.36. The van der Waals surface area contributed by atoms with Crippen molar-refractivity contribution < 1.29 is 45.4 Å². The lowest BCUT2D eigenvalue weighted by atomic mass is 10.1. The normalized spacial score (nSPS) is 13.6. The fraction of sp³-hybridized carbons (Fsp3) is 0.300. The summed E-state index contributed by atoms with van der Waals surface area (Å²) in [5.74, 6) is -1.98. The third-order valence-corrected chi connectivity index (χ3v) is 4.03. The summed E-state index contributed by atoms with van der Waals surface area (Å²) >= 11 is 0. The molecule has 6 nitrogen and oxygen atoms in total. The Morgan fingerprint density at radius 2 is 1.56 bits per heavy atom. The van der Waals surface area contributed by atoms with Crippen molar-refractivity contribution in [1.29, 1.82) is 0 Å². The molecule has 0 heterocycles. The molecule has 0 aliphatic carbocycles.